The average molecular weight is 373 g/mol. The lowest BCUT2D eigenvalue weighted by molar-refractivity contribution is -0.111. The smallest absolute Gasteiger partial charge is 0.341 e. The van der Waals surface area contributed by atoms with E-state index in [1.54, 1.807) is 31.4 Å². The van der Waals surface area contributed by atoms with Gasteiger partial charge in [0.1, 0.15) is 10.8 Å². The molecule has 2 aromatic rings. The fraction of sp³-hybridized carbons (Fsp3) is 0.400. The molecule has 138 valence electrons. The molecule has 1 aliphatic rings. The van der Waals surface area contributed by atoms with Crippen molar-refractivity contribution in [2.75, 3.05) is 11.9 Å². The molecule has 3 rings (SSSR count). The summed E-state index contributed by atoms with van der Waals surface area (Å²) in [6, 6.07) is 3.52. The Morgan fingerprint density at radius 1 is 1.42 bits per heavy atom. The van der Waals surface area contributed by atoms with Crippen LogP contribution in [-0.4, -0.2) is 18.5 Å². The van der Waals surface area contributed by atoms with Gasteiger partial charge >= 0.3 is 5.97 Å². The van der Waals surface area contributed by atoms with Gasteiger partial charge in [-0.05, 0) is 55.9 Å². The Balaban J connectivity index is 1.84. The van der Waals surface area contributed by atoms with Crippen LogP contribution in [0.4, 0.5) is 5.00 Å². The highest BCUT2D eigenvalue weighted by molar-refractivity contribution is 7.17. The Labute approximate surface area is 157 Å². The van der Waals surface area contributed by atoms with Gasteiger partial charge in [0.2, 0.25) is 5.91 Å². The number of fused-ring (bicyclic) bond motifs is 1. The van der Waals surface area contributed by atoms with E-state index in [4.69, 9.17) is 9.15 Å². The van der Waals surface area contributed by atoms with Crippen molar-refractivity contribution in [2.45, 2.75) is 39.5 Å². The molecule has 2 heterocycles. The van der Waals surface area contributed by atoms with Gasteiger partial charge in [-0.3, -0.25) is 4.79 Å². The number of carbonyl (C=O) groups excluding carboxylic acids is 2. The van der Waals surface area contributed by atoms with E-state index in [1.165, 1.54) is 22.3 Å². The van der Waals surface area contributed by atoms with Crippen LogP contribution in [-0.2, 0) is 22.4 Å². The highest BCUT2D eigenvalue weighted by atomic mass is 32.1. The van der Waals surface area contributed by atoms with Crippen LogP contribution in [0, 0.1) is 5.92 Å². The summed E-state index contributed by atoms with van der Waals surface area (Å²) in [5.41, 5.74) is 1.57. The Kier molecular flexibility index (Phi) is 5.93. The SMILES string of the molecule is CCOC(=O)c1c(NC(=O)/C=C/c2ccco2)sc2c1CC[C@H](CC)C2. The number of carbonyl (C=O) groups is 2. The van der Waals surface area contributed by atoms with Crippen LogP contribution in [0.5, 0.6) is 0 Å². The molecule has 26 heavy (non-hydrogen) atoms. The fourth-order valence-corrected chi connectivity index (χ4v) is 4.56. The summed E-state index contributed by atoms with van der Waals surface area (Å²) in [5, 5.41) is 3.44. The molecular weight excluding hydrogens is 350 g/mol. The topological polar surface area (TPSA) is 68.5 Å². The summed E-state index contributed by atoms with van der Waals surface area (Å²) in [6.07, 6.45) is 8.56. The first kappa shape index (κ1) is 18.5. The quantitative estimate of drug-likeness (QED) is 0.589. The number of anilines is 1. The highest BCUT2D eigenvalue weighted by Gasteiger charge is 2.29. The first-order chi connectivity index (χ1) is 12.6. The standard InChI is InChI=1S/C20H23NO4S/c1-3-13-7-9-15-16(12-13)26-19(18(15)20(23)24-4-2)21-17(22)10-8-14-6-5-11-25-14/h5-6,8,10-11,13H,3-4,7,9,12H2,1-2H3,(H,21,22)/b10-8+/t13-/m0/s1. The van der Waals surface area contributed by atoms with Gasteiger partial charge in [0.15, 0.2) is 0 Å². The molecule has 1 N–H and O–H groups in total. The number of furan rings is 1. The Bertz CT molecular complexity index is 804. The molecule has 0 saturated heterocycles. The zero-order chi connectivity index (χ0) is 18.5. The molecular formula is C20H23NO4S. The summed E-state index contributed by atoms with van der Waals surface area (Å²) in [6.45, 7) is 4.29. The summed E-state index contributed by atoms with van der Waals surface area (Å²) < 4.78 is 10.4. The molecule has 5 nitrogen and oxygen atoms in total. The molecule has 1 amide bonds. The van der Waals surface area contributed by atoms with Crippen molar-refractivity contribution in [3.8, 4) is 0 Å². The molecule has 0 unspecified atom stereocenters. The third-order valence-corrected chi connectivity index (χ3v) is 5.77. The molecule has 0 aliphatic heterocycles. The second-order valence-corrected chi connectivity index (χ2v) is 7.39. The van der Waals surface area contributed by atoms with Gasteiger partial charge in [-0.2, -0.15) is 0 Å². The van der Waals surface area contributed by atoms with Crippen LogP contribution < -0.4 is 5.32 Å². The van der Waals surface area contributed by atoms with Crippen molar-refractivity contribution in [3.63, 3.8) is 0 Å². The van der Waals surface area contributed by atoms with E-state index < -0.39 is 0 Å². The van der Waals surface area contributed by atoms with E-state index in [-0.39, 0.29) is 11.9 Å². The van der Waals surface area contributed by atoms with E-state index in [2.05, 4.69) is 12.2 Å². The van der Waals surface area contributed by atoms with E-state index in [1.807, 2.05) is 0 Å². The lowest BCUT2D eigenvalue weighted by Gasteiger charge is -2.20. The van der Waals surface area contributed by atoms with Crippen molar-refractivity contribution in [1.29, 1.82) is 0 Å². The van der Waals surface area contributed by atoms with Crippen LogP contribution >= 0.6 is 11.3 Å². The lowest BCUT2D eigenvalue weighted by atomic mass is 9.85. The van der Waals surface area contributed by atoms with E-state index in [9.17, 15) is 9.59 Å². The van der Waals surface area contributed by atoms with E-state index in [0.29, 0.717) is 28.8 Å². The zero-order valence-electron chi connectivity index (χ0n) is 15.0. The number of rotatable bonds is 6. The van der Waals surface area contributed by atoms with E-state index >= 15 is 0 Å². The average Bonchev–Trinajstić information content (AvgIpc) is 3.26. The van der Waals surface area contributed by atoms with Crippen molar-refractivity contribution < 1.29 is 18.7 Å². The van der Waals surface area contributed by atoms with Crippen LogP contribution in [0.3, 0.4) is 0 Å². The number of thiophene rings is 1. The van der Waals surface area contributed by atoms with Crippen LogP contribution in [0.2, 0.25) is 0 Å². The van der Waals surface area contributed by atoms with Gasteiger partial charge in [-0.1, -0.05) is 13.3 Å². The minimum atomic E-state index is -0.356. The molecule has 6 heteroatoms. The molecule has 1 aliphatic carbocycles. The fourth-order valence-electron chi connectivity index (χ4n) is 3.21. The molecule has 0 fully saturated rings. The highest BCUT2D eigenvalue weighted by Crippen LogP contribution is 2.40. The first-order valence-electron chi connectivity index (χ1n) is 8.96. The minimum absolute atomic E-state index is 0.294. The molecule has 1 atom stereocenters. The van der Waals surface area contributed by atoms with Crippen molar-refractivity contribution in [3.05, 3.63) is 46.2 Å². The normalized spacial score (nSPS) is 16.5. The molecule has 0 bridgehead atoms. The van der Waals surface area contributed by atoms with Gasteiger partial charge < -0.3 is 14.5 Å². The summed E-state index contributed by atoms with van der Waals surface area (Å²) in [7, 11) is 0. The molecule has 0 aromatic carbocycles. The molecule has 2 aromatic heterocycles. The van der Waals surface area contributed by atoms with Gasteiger partial charge in [0.05, 0.1) is 18.4 Å². The van der Waals surface area contributed by atoms with Crippen LogP contribution in [0.15, 0.2) is 28.9 Å². The van der Waals surface area contributed by atoms with E-state index in [0.717, 1.165) is 31.2 Å². The van der Waals surface area contributed by atoms with Crippen molar-refractivity contribution in [2.24, 2.45) is 5.92 Å². The Hall–Kier alpha value is -2.34. The van der Waals surface area contributed by atoms with Gasteiger partial charge in [0.25, 0.3) is 0 Å². The predicted octanol–water partition coefficient (Wildman–Crippen LogP) is 4.68. The molecule has 0 radical (unpaired) electrons. The Morgan fingerprint density at radius 2 is 2.27 bits per heavy atom. The number of hydrogen-bond acceptors (Lipinski definition) is 5. The first-order valence-corrected chi connectivity index (χ1v) is 9.78. The summed E-state index contributed by atoms with van der Waals surface area (Å²) in [4.78, 5) is 26.0. The summed E-state index contributed by atoms with van der Waals surface area (Å²) in [5.74, 6) is 0.587. The van der Waals surface area contributed by atoms with Crippen LogP contribution in [0.1, 0.15) is 53.2 Å². The second kappa shape index (κ2) is 8.36. The third-order valence-electron chi connectivity index (χ3n) is 4.60. The van der Waals surface area contributed by atoms with Crippen molar-refractivity contribution in [1.82, 2.24) is 0 Å². The third kappa shape index (κ3) is 4.07. The zero-order valence-corrected chi connectivity index (χ0v) is 15.9. The maximum Gasteiger partial charge on any atom is 0.341 e. The largest absolute Gasteiger partial charge is 0.465 e. The van der Waals surface area contributed by atoms with Gasteiger partial charge in [0, 0.05) is 11.0 Å². The number of esters is 1. The number of hydrogen-bond donors (Lipinski definition) is 1. The maximum atomic E-state index is 12.5. The van der Waals surface area contributed by atoms with Gasteiger partial charge in [-0.25, -0.2) is 4.79 Å². The predicted molar refractivity (Wildman–Crippen MR) is 102 cm³/mol. The van der Waals surface area contributed by atoms with Crippen LogP contribution in [0.25, 0.3) is 6.08 Å². The summed E-state index contributed by atoms with van der Waals surface area (Å²) >= 11 is 1.50. The number of amides is 1. The number of ether oxygens (including phenoxy) is 1. The molecule has 0 spiro atoms. The van der Waals surface area contributed by atoms with Crippen molar-refractivity contribution >= 4 is 34.3 Å². The monoisotopic (exact) mass is 373 g/mol. The Morgan fingerprint density at radius 3 is 2.96 bits per heavy atom. The minimum Gasteiger partial charge on any atom is -0.465 e. The lowest BCUT2D eigenvalue weighted by Crippen LogP contribution is -2.16. The maximum absolute atomic E-state index is 12.5. The second-order valence-electron chi connectivity index (χ2n) is 6.28. The number of nitrogens with one attached hydrogen (secondary N) is 1. The van der Waals surface area contributed by atoms with Gasteiger partial charge in [-0.15, -0.1) is 11.3 Å². The molecule has 0 saturated carbocycles.